The normalized spacial score (nSPS) is 24.5. The van der Waals surface area contributed by atoms with Gasteiger partial charge < -0.3 is 19.3 Å². The maximum atomic E-state index is 9.68. The smallest absolute Gasteiger partial charge is 0.213 e. The van der Waals surface area contributed by atoms with Gasteiger partial charge in [-0.05, 0) is 43.4 Å². The van der Waals surface area contributed by atoms with Crippen molar-refractivity contribution in [3.05, 3.63) is 48.2 Å². The Labute approximate surface area is 206 Å². The van der Waals surface area contributed by atoms with E-state index in [0.29, 0.717) is 17.8 Å². The van der Waals surface area contributed by atoms with E-state index in [9.17, 15) is 5.11 Å². The molecule has 3 saturated heterocycles. The molecular formula is C27H35N5O3. The van der Waals surface area contributed by atoms with Crippen molar-refractivity contribution in [2.75, 3.05) is 50.8 Å². The van der Waals surface area contributed by atoms with Crippen LogP contribution in [-0.4, -0.2) is 83.1 Å². The summed E-state index contributed by atoms with van der Waals surface area (Å²) in [6, 6.07) is 12.8. The summed E-state index contributed by atoms with van der Waals surface area (Å²) in [5.41, 5.74) is 2.06. The molecule has 35 heavy (non-hydrogen) atoms. The topological polar surface area (TPSA) is 78.1 Å². The molecule has 0 radical (unpaired) electrons. The van der Waals surface area contributed by atoms with Gasteiger partial charge in [0.2, 0.25) is 5.88 Å². The van der Waals surface area contributed by atoms with E-state index in [1.54, 1.807) is 0 Å². The number of pyridine rings is 1. The summed E-state index contributed by atoms with van der Waals surface area (Å²) in [4.78, 5) is 12.0. The second-order valence-corrected chi connectivity index (χ2v) is 10.4. The molecule has 2 aromatic heterocycles. The average molecular weight is 478 g/mol. The number of piperazine rings is 1. The van der Waals surface area contributed by atoms with Crippen LogP contribution in [0.2, 0.25) is 0 Å². The molecule has 2 atom stereocenters. The van der Waals surface area contributed by atoms with Crippen molar-refractivity contribution in [3.8, 4) is 5.88 Å². The van der Waals surface area contributed by atoms with Crippen LogP contribution in [0.3, 0.4) is 0 Å². The molecule has 5 heterocycles. The lowest BCUT2D eigenvalue weighted by Crippen LogP contribution is -2.57. The van der Waals surface area contributed by atoms with Crippen molar-refractivity contribution in [2.45, 2.75) is 44.4 Å². The van der Waals surface area contributed by atoms with Gasteiger partial charge in [0.05, 0.1) is 18.1 Å². The van der Waals surface area contributed by atoms with Gasteiger partial charge in [0.15, 0.2) is 11.4 Å². The van der Waals surface area contributed by atoms with E-state index < -0.39 is 0 Å². The van der Waals surface area contributed by atoms with Gasteiger partial charge in [-0.3, -0.25) is 9.80 Å². The molecule has 0 aliphatic carbocycles. The minimum atomic E-state index is -0.132. The molecule has 0 bridgehead atoms. The molecule has 1 aromatic carbocycles. The highest BCUT2D eigenvalue weighted by molar-refractivity contribution is 5.88. The number of piperidine rings is 2. The van der Waals surface area contributed by atoms with Gasteiger partial charge in [-0.1, -0.05) is 23.4 Å². The Morgan fingerprint density at radius 2 is 1.86 bits per heavy atom. The van der Waals surface area contributed by atoms with Gasteiger partial charge in [-0.15, -0.1) is 0 Å². The number of hydrogen-bond donors (Lipinski definition) is 1. The fourth-order valence-corrected chi connectivity index (χ4v) is 5.82. The van der Waals surface area contributed by atoms with E-state index in [2.05, 4.69) is 37.0 Å². The lowest BCUT2D eigenvalue weighted by atomic mass is 9.91. The molecule has 0 spiro atoms. The maximum Gasteiger partial charge on any atom is 0.213 e. The van der Waals surface area contributed by atoms with Crippen molar-refractivity contribution < 1.29 is 14.4 Å². The highest BCUT2D eigenvalue weighted by Gasteiger charge is 2.34. The number of aliphatic hydroxyl groups is 1. The van der Waals surface area contributed by atoms with Crippen LogP contribution in [0.1, 0.15) is 31.2 Å². The second kappa shape index (κ2) is 10.1. The van der Waals surface area contributed by atoms with Crippen LogP contribution in [0.15, 0.2) is 47.1 Å². The summed E-state index contributed by atoms with van der Waals surface area (Å²) >= 11 is 0. The third kappa shape index (κ3) is 5.15. The van der Waals surface area contributed by atoms with E-state index in [-0.39, 0.29) is 6.10 Å². The van der Waals surface area contributed by atoms with Crippen LogP contribution >= 0.6 is 0 Å². The summed E-state index contributed by atoms with van der Waals surface area (Å²) in [6.07, 6.45) is 5.88. The summed E-state index contributed by atoms with van der Waals surface area (Å²) in [5.74, 6) is 2.23. The Morgan fingerprint density at radius 3 is 2.71 bits per heavy atom. The molecule has 1 N–H and O–H groups in total. The van der Waals surface area contributed by atoms with Crippen molar-refractivity contribution >= 4 is 16.8 Å². The first-order valence-corrected chi connectivity index (χ1v) is 13.0. The third-order valence-electron chi connectivity index (χ3n) is 7.89. The quantitative estimate of drug-likeness (QED) is 0.580. The van der Waals surface area contributed by atoms with Crippen LogP contribution in [0.25, 0.3) is 11.0 Å². The van der Waals surface area contributed by atoms with Crippen molar-refractivity contribution in [3.63, 3.8) is 0 Å². The highest BCUT2D eigenvalue weighted by atomic mass is 16.5. The van der Waals surface area contributed by atoms with E-state index in [1.807, 2.05) is 30.5 Å². The first-order chi connectivity index (χ1) is 17.2. The Kier molecular flexibility index (Phi) is 6.59. The van der Waals surface area contributed by atoms with Crippen LogP contribution < -0.4 is 9.64 Å². The van der Waals surface area contributed by atoms with Gasteiger partial charge in [0, 0.05) is 70.0 Å². The molecule has 0 saturated carbocycles. The van der Waals surface area contributed by atoms with Crippen molar-refractivity contribution in [1.82, 2.24) is 19.9 Å². The van der Waals surface area contributed by atoms with Crippen LogP contribution in [-0.2, 0) is 6.54 Å². The number of anilines is 1. The van der Waals surface area contributed by atoms with Crippen LogP contribution in [0.4, 0.5) is 5.82 Å². The lowest BCUT2D eigenvalue weighted by Gasteiger charge is -2.46. The predicted molar refractivity (Wildman–Crippen MR) is 135 cm³/mol. The number of nitrogens with zero attached hydrogens (tertiary/aromatic N) is 5. The van der Waals surface area contributed by atoms with Crippen LogP contribution in [0, 0.1) is 5.92 Å². The van der Waals surface area contributed by atoms with Crippen molar-refractivity contribution in [1.29, 1.82) is 0 Å². The summed E-state index contributed by atoms with van der Waals surface area (Å²) < 4.78 is 11.6. The summed E-state index contributed by atoms with van der Waals surface area (Å²) in [5, 5.41) is 15.2. The van der Waals surface area contributed by atoms with E-state index >= 15 is 0 Å². The van der Waals surface area contributed by atoms with E-state index in [4.69, 9.17) is 9.26 Å². The molecule has 0 amide bonds. The maximum absolute atomic E-state index is 9.68. The number of hydrogen-bond acceptors (Lipinski definition) is 8. The minimum absolute atomic E-state index is 0.132. The number of ether oxygens (including phenoxy) is 1. The van der Waals surface area contributed by atoms with Crippen LogP contribution in [0.5, 0.6) is 5.88 Å². The Balaban J connectivity index is 0.976. The fraction of sp³-hybridized carbons (Fsp3) is 0.556. The van der Waals surface area contributed by atoms with Gasteiger partial charge in [-0.25, -0.2) is 4.98 Å². The number of aliphatic hydroxyl groups excluding tert-OH is 1. The molecule has 186 valence electrons. The number of fused-ring (bicyclic) bond motifs is 2. The predicted octanol–water partition coefficient (Wildman–Crippen LogP) is 3.16. The summed E-state index contributed by atoms with van der Waals surface area (Å²) in [7, 11) is 0. The van der Waals surface area contributed by atoms with E-state index in [1.165, 1.54) is 18.4 Å². The zero-order valence-corrected chi connectivity index (χ0v) is 20.3. The Bertz CT molecular complexity index is 1110. The fourth-order valence-electron chi connectivity index (χ4n) is 5.82. The third-order valence-corrected chi connectivity index (χ3v) is 7.89. The zero-order valence-electron chi connectivity index (χ0n) is 20.3. The number of benzene rings is 1. The second-order valence-electron chi connectivity index (χ2n) is 10.4. The Hall–Kier alpha value is -2.68. The molecular weight excluding hydrogens is 442 g/mol. The highest BCUT2D eigenvalue weighted by Crippen LogP contribution is 2.31. The standard InChI is InChI=1S/C27H35N5O3/c33-23-9-11-30(12-10-23)16-20-6-8-26(28-15-20)34-19-21-5-7-22-18-32(14-13-31(22)17-21)27-24-3-1-2-4-25(24)35-29-27/h1-4,6,8,15,21-23,33H,5,7,9-14,16-19H2. The average Bonchev–Trinajstić information content (AvgIpc) is 3.33. The monoisotopic (exact) mass is 477 g/mol. The number of aromatic nitrogens is 2. The molecule has 3 aliphatic rings. The molecule has 3 aromatic rings. The first-order valence-electron chi connectivity index (χ1n) is 13.0. The molecule has 3 aliphatic heterocycles. The number of rotatable bonds is 6. The number of likely N-dealkylation sites (tertiary alicyclic amines) is 1. The SMILES string of the molecule is OC1CCN(Cc2ccc(OCC3CCC4CN(c5noc6ccccc56)CCN4C3)nc2)CC1. The van der Waals surface area contributed by atoms with Crippen molar-refractivity contribution in [2.24, 2.45) is 5.92 Å². The molecule has 8 nitrogen and oxygen atoms in total. The van der Waals surface area contributed by atoms with Gasteiger partial charge in [0.1, 0.15) is 0 Å². The first kappa shape index (κ1) is 22.8. The summed E-state index contributed by atoms with van der Waals surface area (Å²) in [6.45, 7) is 7.61. The minimum Gasteiger partial charge on any atom is -0.477 e. The molecule has 8 heteroatoms. The van der Waals surface area contributed by atoms with Gasteiger partial charge >= 0.3 is 0 Å². The molecule has 6 rings (SSSR count). The van der Waals surface area contributed by atoms with E-state index in [0.717, 1.165) is 82.0 Å². The van der Waals surface area contributed by atoms with Gasteiger partial charge in [0.25, 0.3) is 0 Å². The molecule has 3 fully saturated rings. The lowest BCUT2D eigenvalue weighted by molar-refractivity contribution is 0.0716. The van der Waals surface area contributed by atoms with Gasteiger partial charge in [-0.2, -0.15) is 0 Å². The Morgan fingerprint density at radius 1 is 0.971 bits per heavy atom. The largest absolute Gasteiger partial charge is 0.477 e. The molecule has 2 unspecified atom stereocenters. The zero-order chi connectivity index (χ0) is 23.6. The number of para-hydroxylation sites is 1.